The summed E-state index contributed by atoms with van der Waals surface area (Å²) in [6.45, 7) is 0.277. The van der Waals surface area contributed by atoms with Crippen LogP contribution in [0.1, 0.15) is 11.7 Å². The Morgan fingerprint density at radius 3 is 2.61 bits per heavy atom. The van der Waals surface area contributed by atoms with Crippen LogP contribution in [0.4, 0.5) is 9.18 Å². The Hall–Kier alpha value is -1.56. The number of amides is 2. The smallest absolute Gasteiger partial charge is 0.288 e. The van der Waals surface area contributed by atoms with Crippen LogP contribution < -0.4 is 4.74 Å². The van der Waals surface area contributed by atoms with E-state index in [1.54, 1.807) is 12.1 Å². The molecule has 4 nitrogen and oxygen atoms in total. The first-order valence-electron chi connectivity index (χ1n) is 5.39. The molecule has 1 heterocycles. The maximum Gasteiger partial charge on any atom is 0.288 e. The van der Waals surface area contributed by atoms with Crippen LogP contribution in [0.3, 0.4) is 0 Å². The van der Waals surface area contributed by atoms with E-state index in [2.05, 4.69) is 0 Å². The normalized spacial score (nSPS) is 16.8. The van der Waals surface area contributed by atoms with E-state index in [0.29, 0.717) is 11.5 Å². The van der Waals surface area contributed by atoms with Crippen LogP contribution in [0, 0.1) is 0 Å². The Morgan fingerprint density at radius 2 is 2.11 bits per heavy atom. The van der Waals surface area contributed by atoms with Crippen molar-refractivity contribution in [2.45, 2.75) is 6.17 Å². The first-order chi connectivity index (χ1) is 8.63. The van der Waals surface area contributed by atoms with Gasteiger partial charge in [0.1, 0.15) is 5.75 Å². The molecule has 0 aliphatic carbocycles. The summed E-state index contributed by atoms with van der Waals surface area (Å²) in [5, 5.41) is -0.379. The van der Waals surface area contributed by atoms with E-state index in [1.807, 2.05) is 0 Å². The minimum absolute atomic E-state index is 0.227. The molecule has 0 N–H and O–H groups in total. The van der Waals surface area contributed by atoms with Crippen molar-refractivity contribution in [3.8, 4) is 5.75 Å². The van der Waals surface area contributed by atoms with Gasteiger partial charge < -0.3 is 4.74 Å². The largest absolute Gasteiger partial charge is 0.497 e. The van der Waals surface area contributed by atoms with E-state index in [1.165, 1.54) is 19.2 Å². The number of thioether (sulfide) groups is 1. The summed E-state index contributed by atoms with van der Waals surface area (Å²) in [6.07, 6.45) is -1.81. The molecule has 6 heteroatoms. The number of methoxy groups -OCH3 is 1. The minimum atomic E-state index is -1.81. The molecule has 0 spiro atoms. The van der Waals surface area contributed by atoms with Gasteiger partial charge in [0, 0.05) is 12.3 Å². The second-order valence-corrected chi connectivity index (χ2v) is 4.79. The van der Waals surface area contributed by atoms with Crippen LogP contribution in [0.25, 0.3) is 0 Å². The number of imide groups is 1. The molecule has 0 bridgehead atoms. The van der Waals surface area contributed by atoms with Gasteiger partial charge in [0.15, 0.2) is 0 Å². The number of nitrogens with zero attached hydrogens (tertiary/aromatic N) is 1. The summed E-state index contributed by atoms with van der Waals surface area (Å²) in [4.78, 5) is 24.1. The molecule has 1 atom stereocenters. The highest BCUT2D eigenvalue weighted by Gasteiger charge is 2.33. The van der Waals surface area contributed by atoms with Gasteiger partial charge >= 0.3 is 0 Å². The highest BCUT2D eigenvalue weighted by atomic mass is 32.2. The molecule has 0 aromatic heterocycles. The van der Waals surface area contributed by atoms with Crippen molar-refractivity contribution >= 4 is 22.9 Å². The Kier molecular flexibility index (Phi) is 3.86. The number of benzene rings is 1. The van der Waals surface area contributed by atoms with Gasteiger partial charge in [-0.3, -0.25) is 14.5 Å². The van der Waals surface area contributed by atoms with E-state index in [-0.39, 0.29) is 17.3 Å². The second kappa shape index (κ2) is 5.39. The van der Waals surface area contributed by atoms with Gasteiger partial charge in [-0.15, -0.1) is 0 Å². The molecule has 1 aliphatic heterocycles. The van der Waals surface area contributed by atoms with Gasteiger partial charge in [-0.25, -0.2) is 4.39 Å². The number of carbonyl (C=O) groups is 2. The standard InChI is InChI=1S/C12H12FNO3S/c1-17-9-4-2-8(3-5-9)10(13)11(15)14-6-7-18-12(14)16/h2-5,10H,6-7H2,1H3/t10-/m1/s1. The van der Waals surface area contributed by atoms with Gasteiger partial charge in [0.2, 0.25) is 6.17 Å². The predicted octanol–water partition coefficient (Wildman–Crippen LogP) is 2.40. The van der Waals surface area contributed by atoms with E-state index in [4.69, 9.17) is 4.74 Å². The maximum atomic E-state index is 14.0. The highest BCUT2D eigenvalue weighted by molar-refractivity contribution is 8.13. The molecule has 96 valence electrons. The van der Waals surface area contributed by atoms with Gasteiger partial charge in [0.05, 0.1) is 7.11 Å². The Morgan fingerprint density at radius 1 is 1.44 bits per heavy atom. The third kappa shape index (κ3) is 2.48. The maximum absolute atomic E-state index is 14.0. The quantitative estimate of drug-likeness (QED) is 0.845. The molecule has 1 aliphatic rings. The molecule has 0 unspecified atom stereocenters. The molecule has 1 fully saturated rings. The lowest BCUT2D eigenvalue weighted by Gasteiger charge is -2.16. The lowest BCUT2D eigenvalue weighted by Crippen LogP contribution is -2.33. The number of rotatable bonds is 3. The van der Waals surface area contributed by atoms with Gasteiger partial charge in [-0.1, -0.05) is 23.9 Å². The fourth-order valence-corrected chi connectivity index (χ4v) is 2.43. The fraction of sp³-hybridized carbons (Fsp3) is 0.333. The van der Waals surface area contributed by atoms with Crippen LogP contribution in [-0.2, 0) is 4.79 Å². The van der Waals surface area contributed by atoms with Crippen molar-refractivity contribution in [3.05, 3.63) is 29.8 Å². The SMILES string of the molecule is COc1ccc([C@@H](F)C(=O)N2CCSC2=O)cc1. The molecular formula is C12H12FNO3S. The molecule has 0 saturated carbocycles. The van der Waals surface area contributed by atoms with Crippen molar-refractivity contribution in [1.82, 2.24) is 4.90 Å². The van der Waals surface area contributed by atoms with Crippen molar-refractivity contribution in [2.24, 2.45) is 0 Å². The average Bonchev–Trinajstić information content (AvgIpc) is 2.83. The molecule has 1 aromatic rings. The topological polar surface area (TPSA) is 46.6 Å². The second-order valence-electron chi connectivity index (χ2n) is 3.74. The summed E-state index contributed by atoms with van der Waals surface area (Å²) in [5.74, 6) is 0.321. The Labute approximate surface area is 108 Å². The highest BCUT2D eigenvalue weighted by Crippen LogP contribution is 2.26. The van der Waals surface area contributed by atoms with Crippen LogP contribution in [0.15, 0.2) is 24.3 Å². The third-order valence-corrected chi connectivity index (χ3v) is 3.51. The Balaban J connectivity index is 2.12. The van der Waals surface area contributed by atoms with Crippen molar-refractivity contribution in [3.63, 3.8) is 0 Å². The van der Waals surface area contributed by atoms with Crippen LogP contribution >= 0.6 is 11.8 Å². The molecule has 0 radical (unpaired) electrons. The molecule has 1 aromatic carbocycles. The number of halogens is 1. The summed E-state index contributed by atoms with van der Waals surface area (Å²) in [5.41, 5.74) is 0.227. The van der Waals surface area contributed by atoms with Gasteiger partial charge in [-0.05, 0) is 17.7 Å². The summed E-state index contributed by atoms with van der Waals surface area (Å²) >= 11 is 1.03. The van der Waals surface area contributed by atoms with Crippen molar-refractivity contribution in [1.29, 1.82) is 0 Å². The van der Waals surface area contributed by atoms with Crippen LogP contribution in [0.5, 0.6) is 5.75 Å². The number of hydrogen-bond donors (Lipinski definition) is 0. The zero-order chi connectivity index (χ0) is 13.1. The lowest BCUT2D eigenvalue weighted by atomic mass is 10.1. The minimum Gasteiger partial charge on any atom is -0.497 e. The van der Waals surface area contributed by atoms with Crippen molar-refractivity contribution < 1.29 is 18.7 Å². The van der Waals surface area contributed by atoms with Gasteiger partial charge in [-0.2, -0.15) is 0 Å². The molecule has 1 saturated heterocycles. The molecular weight excluding hydrogens is 257 g/mol. The van der Waals surface area contributed by atoms with Gasteiger partial charge in [0.25, 0.3) is 11.1 Å². The van der Waals surface area contributed by atoms with Crippen LogP contribution in [-0.4, -0.2) is 35.5 Å². The fourth-order valence-electron chi connectivity index (χ4n) is 1.65. The number of hydrogen-bond acceptors (Lipinski definition) is 4. The van der Waals surface area contributed by atoms with E-state index in [9.17, 15) is 14.0 Å². The first kappa shape index (κ1) is 12.9. The molecule has 18 heavy (non-hydrogen) atoms. The number of carbonyl (C=O) groups excluding carboxylic acids is 2. The molecule has 2 amide bonds. The molecule has 2 rings (SSSR count). The third-order valence-electron chi connectivity index (χ3n) is 2.65. The lowest BCUT2D eigenvalue weighted by molar-refractivity contribution is -0.132. The average molecular weight is 269 g/mol. The van der Waals surface area contributed by atoms with E-state index >= 15 is 0 Å². The van der Waals surface area contributed by atoms with E-state index < -0.39 is 12.1 Å². The zero-order valence-corrected chi connectivity index (χ0v) is 10.6. The number of ether oxygens (including phenoxy) is 1. The first-order valence-corrected chi connectivity index (χ1v) is 6.38. The van der Waals surface area contributed by atoms with E-state index in [0.717, 1.165) is 16.7 Å². The zero-order valence-electron chi connectivity index (χ0n) is 9.76. The number of alkyl halides is 1. The predicted molar refractivity (Wildman–Crippen MR) is 66.4 cm³/mol. The van der Waals surface area contributed by atoms with Crippen molar-refractivity contribution in [2.75, 3.05) is 19.4 Å². The summed E-state index contributed by atoms with van der Waals surface area (Å²) < 4.78 is 18.9. The Bertz CT molecular complexity index is 463. The summed E-state index contributed by atoms with van der Waals surface area (Å²) in [7, 11) is 1.51. The monoisotopic (exact) mass is 269 g/mol. The summed E-state index contributed by atoms with van der Waals surface area (Å²) in [6, 6.07) is 6.12. The van der Waals surface area contributed by atoms with Crippen LogP contribution in [0.2, 0.25) is 0 Å².